The van der Waals surface area contributed by atoms with Gasteiger partial charge in [0.05, 0.1) is 5.58 Å². The van der Waals surface area contributed by atoms with Gasteiger partial charge in [-0.05, 0) is 95.9 Å². The van der Waals surface area contributed by atoms with Gasteiger partial charge in [-0.1, -0.05) is 68.1 Å². The molecule has 0 unspecified atom stereocenters. The van der Waals surface area contributed by atoms with E-state index in [9.17, 15) is 0 Å². The molecule has 5 heteroatoms. The minimum atomic E-state index is -0.0499. The summed E-state index contributed by atoms with van der Waals surface area (Å²) in [6.07, 6.45) is 3.91. The maximum Gasteiger partial charge on any atom is 0.121 e. The van der Waals surface area contributed by atoms with E-state index in [1.807, 2.05) is 67.1 Å². The molecule has 3 nitrogen and oxygen atoms in total. The van der Waals surface area contributed by atoms with Crippen LogP contribution in [0.5, 0.6) is 0 Å². The van der Waals surface area contributed by atoms with E-state index in [4.69, 9.17) is 9.40 Å². The summed E-state index contributed by atoms with van der Waals surface area (Å²) >= 11 is 1.82. The summed E-state index contributed by atoms with van der Waals surface area (Å²) in [7, 11) is 0. The van der Waals surface area contributed by atoms with Gasteiger partial charge in [0.1, 0.15) is 5.58 Å². The third-order valence-electron chi connectivity index (χ3n) is 8.81. The molecule has 0 aliphatic heterocycles. The molecule has 0 aliphatic rings. The van der Waals surface area contributed by atoms with Crippen molar-refractivity contribution in [3.05, 3.63) is 143 Å². The van der Waals surface area contributed by atoms with E-state index in [-0.39, 0.29) is 25.5 Å². The molecule has 0 N–H and O–H groups in total. The van der Waals surface area contributed by atoms with Crippen LogP contribution in [0.3, 0.4) is 0 Å². The number of thiophene rings is 1. The van der Waals surface area contributed by atoms with Crippen LogP contribution in [-0.4, -0.2) is 9.97 Å². The Labute approximate surface area is 306 Å². The number of hydrogen-bond donors (Lipinski definition) is 0. The van der Waals surface area contributed by atoms with Gasteiger partial charge in [-0.3, -0.25) is 0 Å². The summed E-state index contributed by atoms with van der Waals surface area (Å²) in [5.41, 5.74) is 13.0. The SMILES string of the molecule is Cc1cc2cc3oc4c(-c5cc(C(C)(C)C)c(-c6c(C)cccc6C)cn5)[c-]ccc4c3cc2s1.Cc1ccc(-c2[c-]cccc2)nc1.[Ir]. The number of aromatic nitrogens is 2. The second-order valence-electron chi connectivity index (χ2n) is 13.6. The molecule has 247 valence electrons. The molecule has 0 spiro atoms. The monoisotopic (exact) mass is 835 g/mol. The molecule has 0 bridgehead atoms. The molecule has 0 aliphatic carbocycles. The Morgan fingerprint density at radius 3 is 2.18 bits per heavy atom. The van der Waals surface area contributed by atoms with Crippen LogP contribution in [0, 0.1) is 39.8 Å². The molecule has 0 fully saturated rings. The standard InChI is InChI=1S/C32H28NOS.C12H10N.Ir/c1-18-9-7-10-19(2)30(18)25-17-33-27(16-26(25)32(4,5)6)23-12-8-11-22-24-15-29-21(13-20(3)35-29)14-28(24)34-31(22)23;1-10-7-8-12(13-9-10)11-5-3-2-4-6-11;/h7-11,13-17H,1-6H3;2-5,7-9H,1H3;/q2*-1;. The summed E-state index contributed by atoms with van der Waals surface area (Å²) in [5, 5.41) is 3.49. The van der Waals surface area contributed by atoms with Crippen LogP contribution >= 0.6 is 11.3 Å². The van der Waals surface area contributed by atoms with Crippen LogP contribution in [0.2, 0.25) is 0 Å². The Morgan fingerprint density at radius 2 is 1.49 bits per heavy atom. The zero-order valence-electron chi connectivity index (χ0n) is 28.9. The van der Waals surface area contributed by atoms with E-state index in [1.165, 1.54) is 48.3 Å². The Bertz CT molecular complexity index is 2400. The third kappa shape index (κ3) is 6.89. The Morgan fingerprint density at radius 1 is 0.714 bits per heavy atom. The molecule has 4 aromatic carbocycles. The number of rotatable bonds is 3. The van der Waals surface area contributed by atoms with E-state index in [2.05, 4.69) is 113 Å². The van der Waals surface area contributed by atoms with Crippen LogP contribution in [0.15, 0.2) is 108 Å². The first-order chi connectivity index (χ1) is 23.1. The van der Waals surface area contributed by atoms with Crippen molar-refractivity contribution in [1.29, 1.82) is 0 Å². The quantitative estimate of drug-likeness (QED) is 0.166. The third-order valence-corrected chi connectivity index (χ3v) is 9.82. The summed E-state index contributed by atoms with van der Waals surface area (Å²) in [6.45, 7) is 15.3. The van der Waals surface area contributed by atoms with Gasteiger partial charge < -0.3 is 14.4 Å². The van der Waals surface area contributed by atoms with Gasteiger partial charge in [-0.2, -0.15) is 0 Å². The summed E-state index contributed by atoms with van der Waals surface area (Å²) in [4.78, 5) is 10.6. The predicted molar refractivity (Wildman–Crippen MR) is 203 cm³/mol. The van der Waals surface area contributed by atoms with Crippen molar-refractivity contribution in [2.45, 2.75) is 53.9 Å². The first-order valence-electron chi connectivity index (χ1n) is 16.3. The van der Waals surface area contributed by atoms with Crippen LogP contribution in [0.25, 0.3) is 65.7 Å². The van der Waals surface area contributed by atoms with Crippen LogP contribution in [0.4, 0.5) is 0 Å². The van der Waals surface area contributed by atoms with Gasteiger partial charge in [-0.15, -0.1) is 65.4 Å². The van der Waals surface area contributed by atoms with Gasteiger partial charge in [0, 0.05) is 53.0 Å². The average molecular weight is 835 g/mol. The van der Waals surface area contributed by atoms with Gasteiger partial charge in [0.15, 0.2) is 0 Å². The molecular weight excluding hydrogens is 797 g/mol. The second-order valence-corrected chi connectivity index (χ2v) is 14.9. The smallest absolute Gasteiger partial charge is 0.121 e. The number of benzene rings is 4. The van der Waals surface area contributed by atoms with Crippen molar-refractivity contribution >= 4 is 43.4 Å². The molecule has 0 amide bonds. The molecule has 8 rings (SSSR count). The Balaban J connectivity index is 0.000000250. The van der Waals surface area contributed by atoms with Crippen molar-refractivity contribution < 1.29 is 24.5 Å². The molecule has 0 atom stereocenters. The number of hydrogen-bond acceptors (Lipinski definition) is 4. The average Bonchev–Trinajstić information content (AvgIpc) is 3.62. The van der Waals surface area contributed by atoms with Crippen LogP contribution < -0.4 is 0 Å². The fraction of sp³-hybridized carbons (Fsp3) is 0.182. The van der Waals surface area contributed by atoms with Crippen LogP contribution in [0.1, 0.15) is 47.9 Å². The van der Waals surface area contributed by atoms with E-state index in [0.717, 1.165) is 44.5 Å². The van der Waals surface area contributed by atoms with Gasteiger partial charge in [0.25, 0.3) is 0 Å². The number of furan rings is 1. The van der Waals surface area contributed by atoms with E-state index in [1.54, 1.807) is 0 Å². The molecule has 0 saturated carbocycles. The van der Waals surface area contributed by atoms with Crippen LogP contribution in [-0.2, 0) is 25.5 Å². The van der Waals surface area contributed by atoms with E-state index >= 15 is 0 Å². The van der Waals surface area contributed by atoms with Crippen molar-refractivity contribution in [3.63, 3.8) is 0 Å². The van der Waals surface area contributed by atoms with E-state index in [0.29, 0.717) is 0 Å². The fourth-order valence-corrected chi connectivity index (χ4v) is 7.37. The van der Waals surface area contributed by atoms with Gasteiger partial charge in [-0.25, -0.2) is 0 Å². The largest absolute Gasteiger partial charge is 0.501 e. The fourth-order valence-electron chi connectivity index (χ4n) is 6.43. The minimum Gasteiger partial charge on any atom is -0.501 e. The van der Waals surface area contributed by atoms with Gasteiger partial charge in [0.2, 0.25) is 0 Å². The zero-order valence-corrected chi connectivity index (χ0v) is 32.1. The predicted octanol–water partition coefficient (Wildman–Crippen LogP) is 12.4. The second kappa shape index (κ2) is 13.8. The topological polar surface area (TPSA) is 38.9 Å². The van der Waals surface area contributed by atoms with E-state index < -0.39 is 0 Å². The molecule has 49 heavy (non-hydrogen) atoms. The summed E-state index contributed by atoms with van der Waals surface area (Å²) in [5.74, 6) is 0. The molecule has 0 saturated heterocycles. The summed E-state index contributed by atoms with van der Waals surface area (Å²) in [6, 6.07) is 38.0. The number of fused-ring (bicyclic) bond motifs is 4. The number of nitrogens with zero attached hydrogens (tertiary/aromatic N) is 2. The first kappa shape index (κ1) is 34.5. The molecule has 4 aromatic heterocycles. The zero-order chi connectivity index (χ0) is 33.6. The summed E-state index contributed by atoms with van der Waals surface area (Å²) < 4.78 is 7.76. The number of aryl methyl sites for hydroxylation is 4. The number of pyridine rings is 2. The Kier molecular flexibility index (Phi) is 9.73. The maximum absolute atomic E-state index is 6.47. The molecule has 4 heterocycles. The van der Waals surface area contributed by atoms with Gasteiger partial charge >= 0.3 is 0 Å². The Hall–Kier alpha value is -4.41. The minimum absolute atomic E-state index is 0. The molecular formula is C44H38IrN2OS-2. The van der Waals surface area contributed by atoms with Crippen molar-refractivity contribution in [3.8, 4) is 33.6 Å². The molecule has 1 radical (unpaired) electrons. The first-order valence-corrected chi connectivity index (χ1v) is 17.1. The van der Waals surface area contributed by atoms with Crippen molar-refractivity contribution in [2.75, 3.05) is 0 Å². The normalized spacial score (nSPS) is 11.4. The van der Waals surface area contributed by atoms with Crippen molar-refractivity contribution in [2.24, 2.45) is 0 Å². The molecule has 8 aromatic rings. The maximum atomic E-state index is 6.47. The van der Waals surface area contributed by atoms with Crippen molar-refractivity contribution in [1.82, 2.24) is 9.97 Å².